The number of nitrogens with zero attached hydrogens (tertiary/aromatic N) is 3. The van der Waals surface area contributed by atoms with Crippen molar-refractivity contribution in [3.05, 3.63) is 25.9 Å². The minimum absolute atomic E-state index is 0.00560. The Labute approximate surface area is 113 Å². The van der Waals surface area contributed by atoms with Gasteiger partial charge in [0.1, 0.15) is 6.54 Å². The highest BCUT2D eigenvalue weighted by molar-refractivity contribution is 14.1. The van der Waals surface area contributed by atoms with Crippen LogP contribution in [-0.4, -0.2) is 33.4 Å². The minimum atomic E-state index is -0.134. The van der Waals surface area contributed by atoms with Gasteiger partial charge in [-0.2, -0.15) is 0 Å². The maximum Gasteiger partial charge on any atom is 0.267 e. The van der Waals surface area contributed by atoms with Gasteiger partial charge < -0.3 is 4.90 Å². The van der Waals surface area contributed by atoms with Crippen molar-refractivity contribution in [1.82, 2.24) is 14.5 Å². The number of rotatable bonds is 2. The Morgan fingerprint density at radius 1 is 1.47 bits per heavy atom. The van der Waals surface area contributed by atoms with Crippen molar-refractivity contribution < 1.29 is 4.79 Å². The molecule has 6 heteroatoms. The van der Waals surface area contributed by atoms with Gasteiger partial charge in [-0.05, 0) is 42.4 Å². The number of aryl methyl sites for hydroxylation is 1. The summed E-state index contributed by atoms with van der Waals surface area (Å²) in [5.41, 5.74) is 0.575. The number of carbonyl (C=O) groups excluding carboxylic acids is 1. The largest absolute Gasteiger partial charge is 0.341 e. The van der Waals surface area contributed by atoms with E-state index in [0.717, 1.165) is 25.9 Å². The number of amides is 1. The molecular formula is C11H14IN3O2. The molecule has 0 N–H and O–H groups in total. The highest BCUT2D eigenvalue weighted by Gasteiger charge is 2.18. The van der Waals surface area contributed by atoms with E-state index in [0.29, 0.717) is 9.26 Å². The van der Waals surface area contributed by atoms with Crippen LogP contribution in [-0.2, 0) is 11.3 Å². The molecule has 2 rings (SSSR count). The number of hydrogen-bond acceptors (Lipinski definition) is 3. The lowest BCUT2D eigenvalue weighted by atomic mass is 10.4. The lowest BCUT2D eigenvalue weighted by molar-refractivity contribution is -0.130. The summed E-state index contributed by atoms with van der Waals surface area (Å²) in [6.07, 6.45) is 3.57. The zero-order valence-electron chi connectivity index (χ0n) is 9.65. The Morgan fingerprint density at radius 2 is 2.12 bits per heavy atom. The summed E-state index contributed by atoms with van der Waals surface area (Å²) in [7, 11) is 0. The third-order valence-corrected chi connectivity index (χ3v) is 4.16. The van der Waals surface area contributed by atoms with Crippen LogP contribution in [0.3, 0.4) is 0 Å². The molecule has 0 radical (unpaired) electrons. The first-order valence-corrected chi connectivity index (χ1v) is 6.67. The van der Waals surface area contributed by atoms with E-state index in [9.17, 15) is 9.59 Å². The van der Waals surface area contributed by atoms with E-state index in [2.05, 4.69) is 4.98 Å². The molecule has 0 atom stereocenters. The van der Waals surface area contributed by atoms with Gasteiger partial charge in [0, 0.05) is 13.1 Å². The van der Waals surface area contributed by atoms with Crippen LogP contribution in [0.1, 0.15) is 18.5 Å². The van der Waals surface area contributed by atoms with Crippen LogP contribution in [0.4, 0.5) is 0 Å². The van der Waals surface area contributed by atoms with Gasteiger partial charge in [0.2, 0.25) is 5.91 Å². The van der Waals surface area contributed by atoms with Gasteiger partial charge in [-0.15, -0.1) is 0 Å². The minimum Gasteiger partial charge on any atom is -0.341 e. The molecule has 1 amide bonds. The molecule has 5 nitrogen and oxygen atoms in total. The van der Waals surface area contributed by atoms with E-state index in [1.807, 2.05) is 22.6 Å². The fraction of sp³-hybridized carbons (Fsp3) is 0.545. The van der Waals surface area contributed by atoms with E-state index >= 15 is 0 Å². The molecule has 0 aliphatic carbocycles. The van der Waals surface area contributed by atoms with Crippen LogP contribution >= 0.6 is 22.6 Å². The summed E-state index contributed by atoms with van der Waals surface area (Å²) in [5.74, 6) is 0.00560. The number of aromatic nitrogens is 2. The summed E-state index contributed by atoms with van der Waals surface area (Å²) in [4.78, 5) is 29.7. The van der Waals surface area contributed by atoms with Crippen LogP contribution in [0.25, 0.3) is 0 Å². The van der Waals surface area contributed by atoms with Gasteiger partial charge in [0.15, 0.2) is 0 Å². The van der Waals surface area contributed by atoms with Gasteiger partial charge in [-0.3, -0.25) is 14.2 Å². The third-order valence-electron chi connectivity index (χ3n) is 2.92. The molecule has 0 unspecified atom stereocenters. The van der Waals surface area contributed by atoms with Crippen LogP contribution in [0.5, 0.6) is 0 Å². The van der Waals surface area contributed by atoms with Crippen molar-refractivity contribution in [1.29, 1.82) is 0 Å². The Kier molecular flexibility index (Phi) is 3.80. The maximum atomic E-state index is 11.9. The molecular weight excluding hydrogens is 333 g/mol. The molecule has 92 valence electrons. The molecule has 1 aromatic rings. The number of carbonyl (C=O) groups is 1. The first-order chi connectivity index (χ1) is 8.09. The van der Waals surface area contributed by atoms with Crippen molar-refractivity contribution >= 4 is 28.5 Å². The molecule has 1 aromatic heterocycles. The fourth-order valence-corrected chi connectivity index (χ4v) is 2.32. The van der Waals surface area contributed by atoms with Crippen molar-refractivity contribution in [3.8, 4) is 0 Å². The lowest BCUT2D eigenvalue weighted by Crippen LogP contribution is -2.35. The first kappa shape index (κ1) is 12.5. The Balaban J connectivity index is 2.16. The second-order valence-corrected chi connectivity index (χ2v) is 5.24. The van der Waals surface area contributed by atoms with Gasteiger partial charge in [0.25, 0.3) is 5.56 Å². The smallest absolute Gasteiger partial charge is 0.267 e. The molecule has 0 saturated carbocycles. The predicted molar refractivity (Wildman–Crippen MR) is 71.8 cm³/mol. The molecule has 0 bridgehead atoms. The first-order valence-electron chi connectivity index (χ1n) is 5.59. The van der Waals surface area contributed by atoms with E-state index in [1.165, 1.54) is 10.9 Å². The van der Waals surface area contributed by atoms with E-state index in [-0.39, 0.29) is 18.0 Å². The van der Waals surface area contributed by atoms with Crippen LogP contribution in [0, 0.1) is 10.5 Å². The zero-order valence-corrected chi connectivity index (χ0v) is 11.8. The van der Waals surface area contributed by atoms with Gasteiger partial charge in [0.05, 0.1) is 15.6 Å². The normalized spacial score (nSPS) is 15.3. The summed E-state index contributed by atoms with van der Waals surface area (Å²) in [6.45, 7) is 3.51. The maximum absolute atomic E-state index is 11.9. The van der Waals surface area contributed by atoms with Crippen LogP contribution in [0.15, 0.2) is 11.1 Å². The van der Waals surface area contributed by atoms with Gasteiger partial charge >= 0.3 is 0 Å². The molecule has 1 saturated heterocycles. The molecule has 0 aromatic carbocycles. The summed E-state index contributed by atoms with van der Waals surface area (Å²) in [5, 5.41) is 0. The second-order valence-electron chi connectivity index (χ2n) is 4.16. The van der Waals surface area contributed by atoms with E-state index in [4.69, 9.17) is 0 Å². The highest BCUT2D eigenvalue weighted by Crippen LogP contribution is 2.08. The summed E-state index contributed by atoms with van der Waals surface area (Å²) >= 11 is 1.97. The number of hydrogen-bond donors (Lipinski definition) is 0. The monoisotopic (exact) mass is 347 g/mol. The average molecular weight is 347 g/mol. The molecule has 1 aliphatic rings. The topological polar surface area (TPSA) is 55.2 Å². The Hall–Kier alpha value is -0.920. The fourth-order valence-electron chi connectivity index (χ4n) is 1.87. The zero-order chi connectivity index (χ0) is 12.4. The SMILES string of the molecule is Cc1ncn(CC(=O)N2CCCC2)c(=O)c1I. The van der Waals surface area contributed by atoms with Crippen molar-refractivity contribution in [2.45, 2.75) is 26.3 Å². The summed E-state index contributed by atoms with van der Waals surface area (Å²) < 4.78 is 1.97. The Bertz CT molecular complexity index is 492. The van der Waals surface area contributed by atoms with E-state index in [1.54, 1.807) is 11.8 Å². The average Bonchev–Trinajstić information content (AvgIpc) is 2.83. The molecule has 1 fully saturated rings. The van der Waals surface area contributed by atoms with Gasteiger partial charge in [-0.25, -0.2) is 4.98 Å². The summed E-state index contributed by atoms with van der Waals surface area (Å²) in [6, 6.07) is 0. The Morgan fingerprint density at radius 3 is 2.76 bits per heavy atom. The van der Waals surface area contributed by atoms with E-state index < -0.39 is 0 Å². The lowest BCUT2D eigenvalue weighted by Gasteiger charge is -2.15. The molecule has 1 aliphatic heterocycles. The predicted octanol–water partition coefficient (Wildman–Crippen LogP) is 0.779. The third kappa shape index (κ3) is 2.67. The van der Waals surface area contributed by atoms with Crippen molar-refractivity contribution in [2.75, 3.05) is 13.1 Å². The standard InChI is InChI=1S/C11H14IN3O2/c1-8-10(12)11(17)15(7-13-8)6-9(16)14-4-2-3-5-14/h7H,2-6H2,1H3. The van der Waals surface area contributed by atoms with Gasteiger partial charge in [-0.1, -0.05) is 0 Å². The molecule has 2 heterocycles. The number of halogens is 1. The molecule has 17 heavy (non-hydrogen) atoms. The number of likely N-dealkylation sites (tertiary alicyclic amines) is 1. The van der Waals surface area contributed by atoms with Crippen molar-refractivity contribution in [2.24, 2.45) is 0 Å². The van der Waals surface area contributed by atoms with Crippen LogP contribution < -0.4 is 5.56 Å². The quantitative estimate of drug-likeness (QED) is 0.743. The van der Waals surface area contributed by atoms with Crippen molar-refractivity contribution in [3.63, 3.8) is 0 Å². The molecule has 0 spiro atoms. The van der Waals surface area contributed by atoms with Crippen LogP contribution in [0.2, 0.25) is 0 Å². The highest BCUT2D eigenvalue weighted by atomic mass is 127. The second kappa shape index (κ2) is 5.16.